The summed E-state index contributed by atoms with van der Waals surface area (Å²) in [6, 6.07) is 0. The lowest BCUT2D eigenvalue weighted by atomic mass is 9.80. The van der Waals surface area contributed by atoms with Crippen LogP contribution in [0.15, 0.2) is 0 Å². The minimum atomic E-state index is -0.701. The fraction of sp³-hybridized carbons (Fsp3) is 0.875. The molecule has 1 saturated heterocycles. The van der Waals surface area contributed by atoms with Gasteiger partial charge in [0.2, 0.25) is 0 Å². The van der Waals surface area contributed by atoms with Gasteiger partial charge in [0, 0.05) is 6.61 Å². The Bertz CT molecular complexity index is 167. The molecule has 0 radical (unpaired) electrons. The molecule has 0 aromatic carbocycles. The van der Waals surface area contributed by atoms with Gasteiger partial charge >= 0.3 is 5.97 Å². The first-order valence-corrected chi connectivity index (χ1v) is 3.89. The van der Waals surface area contributed by atoms with Crippen molar-refractivity contribution < 1.29 is 14.6 Å². The summed E-state index contributed by atoms with van der Waals surface area (Å²) >= 11 is 0. The van der Waals surface area contributed by atoms with Gasteiger partial charge in [0.05, 0.1) is 11.5 Å². The lowest BCUT2D eigenvalue weighted by molar-refractivity contribution is -0.156. The zero-order valence-corrected chi connectivity index (χ0v) is 6.96. The van der Waals surface area contributed by atoms with E-state index in [-0.39, 0.29) is 6.10 Å². The first kappa shape index (κ1) is 8.53. The highest BCUT2D eigenvalue weighted by molar-refractivity contribution is 5.74. The smallest absolute Gasteiger partial charge is 0.309 e. The van der Waals surface area contributed by atoms with Crippen LogP contribution in [0.3, 0.4) is 0 Å². The standard InChI is InChI=1S/C8H14O3/c1-6-5-8(2,7(9)10)3-4-11-6/h6H,3-5H2,1-2H3,(H,9,10)/t6-,8-/m0/s1. The quantitative estimate of drug-likeness (QED) is 0.625. The Morgan fingerprint density at radius 3 is 2.73 bits per heavy atom. The molecule has 3 nitrogen and oxygen atoms in total. The average molecular weight is 158 g/mol. The number of carbonyl (C=O) groups is 1. The number of aliphatic carboxylic acids is 1. The van der Waals surface area contributed by atoms with Gasteiger partial charge in [-0.2, -0.15) is 0 Å². The first-order chi connectivity index (χ1) is 5.04. The van der Waals surface area contributed by atoms with Crippen molar-refractivity contribution in [3.8, 4) is 0 Å². The summed E-state index contributed by atoms with van der Waals surface area (Å²) < 4.78 is 5.26. The van der Waals surface area contributed by atoms with Gasteiger partial charge in [-0.05, 0) is 26.7 Å². The van der Waals surface area contributed by atoms with E-state index < -0.39 is 11.4 Å². The van der Waals surface area contributed by atoms with Crippen LogP contribution in [0.25, 0.3) is 0 Å². The van der Waals surface area contributed by atoms with Gasteiger partial charge in [0.1, 0.15) is 0 Å². The highest BCUT2D eigenvalue weighted by Crippen LogP contribution is 2.32. The van der Waals surface area contributed by atoms with Crippen LogP contribution in [0.4, 0.5) is 0 Å². The van der Waals surface area contributed by atoms with Crippen LogP contribution in [0, 0.1) is 5.41 Å². The number of hydrogen-bond acceptors (Lipinski definition) is 2. The highest BCUT2D eigenvalue weighted by Gasteiger charge is 2.37. The molecule has 11 heavy (non-hydrogen) atoms. The Kier molecular flexibility index (Phi) is 2.18. The minimum Gasteiger partial charge on any atom is -0.481 e. The van der Waals surface area contributed by atoms with Crippen molar-refractivity contribution in [3.63, 3.8) is 0 Å². The van der Waals surface area contributed by atoms with Crippen molar-refractivity contribution in [3.05, 3.63) is 0 Å². The number of rotatable bonds is 1. The minimum absolute atomic E-state index is 0.0878. The van der Waals surface area contributed by atoms with E-state index in [0.29, 0.717) is 19.4 Å². The molecule has 1 aliphatic rings. The Hall–Kier alpha value is -0.570. The number of ether oxygens (including phenoxy) is 1. The lowest BCUT2D eigenvalue weighted by Gasteiger charge is -2.33. The Balaban J connectivity index is 2.63. The Morgan fingerprint density at radius 2 is 2.36 bits per heavy atom. The zero-order valence-electron chi connectivity index (χ0n) is 6.96. The van der Waals surface area contributed by atoms with Crippen molar-refractivity contribution in [1.82, 2.24) is 0 Å². The molecule has 0 saturated carbocycles. The fourth-order valence-electron chi connectivity index (χ4n) is 1.48. The van der Waals surface area contributed by atoms with Gasteiger partial charge in [-0.1, -0.05) is 0 Å². The van der Waals surface area contributed by atoms with Crippen LogP contribution in [-0.4, -0.2) is 23.8 Å². The fourth-order valence-corrected chi connectivity index (χ4v) is 1.48. The second kappa shape index (κ2) is 2.81. The summed E-state index contributed by atoms with van der Waals surface area (Å²) in [5.74, 6) is -0.701. The van der Waals surface area contributed by atoms with Crippen LogP contribution in [0.1, 0.15) is 26.7 Å². The molecular weight excluding hydrogens is 144 g/mol. The predicted octanol–water partition coefficient (Wildman–Crippen LogP) is 1.28. The van der Waals surface area contributed by atoms with Gasteiger partial charge in [0.25, 0.3) is 0 Å². The topological polar surface area (TPSA) is 46.5 Å². The maximum atomic E-state index is 10.8. The van der Waals surface area contributed by atoms with Crippen molar-refractivity contribution in [1.29, 1.82) is 0 Å². The maximum Gasteiger partial charge on any atom is 0.309 e. The molecule has 1 N–H and O–H groups in total. The van der Waals surface area contributed by atoms with E-state index in [1.807, 2.05) is 6.92 Å². The van der Waals surface area contributed by atoms with Crippen molar-refractivity contribution in [2.24, 2.45) is 5.41 Å². The molecule has 1 heterocycles. The van der Waals surface area contributed by atoms with E-state index in [1.165, 1.54) is 0 Å². The maximum absolute atomic E-state index is 10.8. The molecule has 1 fully saturated rings. The van der Waals surface area contributed by atoms with Gasteiger partial charge in [0.15, 0.2) is 0 Å². The highest BCUT2D eigenvalue weighted by atomic mass is 16.5. The summed E-state index contributed by atoms with van der Waals surface area (Å²) in [5, 5.41) is 8.86. The van der Waals surface area contributed by atoms with E-state index in [0.717, 1.165) is 0 Å². The lowest BCUT2D eigenvalue weighted by Crippen LogP contribution is -2.37. The first-order valence-electron chi connectivity index (χ1n) is 3.89. The third-order valence-electron chi connectivity index (χ3n) is 2.31. The van der Waals surface area contributed by atoms with E-state index in [1.54, 1.807) is 6.92 Å². The summed E-state index contributed by atoms with van der Waals surface area (Å²) in [4.78, 5) is 10.8. The number of hydrogen-bond donors (Lipinski definition) is 1. The van der Waals surface area contributed by atoms with Gasteiger partial charge in [-0.15, -0.1) is 0 Å². The van der Waals surface area contributed by atoms with Gasteiger partial charge in [-0.3, -0.25) is 4.79 Å². The van der Waals surface area contributed by atoms with E-state index >= 15 is 0 Å². The summed E-state index contributed by atoms with van der Waals surface area (Å²) in [6.07, 6.45) is 1.35. The van der Waals surface area contributed by atoms with Crippen LogP contribution >= 0.6 is 0 Å². The van der Waals surface area contributed by atoms with E-state index in [9.17, 15) is 4.79 Å². The molecule has 2 atom stereocenters. The molecule has 0 amide bonds. The molecule has 3 heteroatoms. The molecule has 1 rings (SSSR count). The van der Waals surface area contributed by atoms with Gasteiger partial charge in [-0.25, -0.2) is 0 Å². The molecule has 0 unspecified atom stereocenters. The molecular formula is C8H14O3. The van der Waals surface area contributed by atoms with E-state index in [4.69, 9.17) is 9.84 Å². The van der Waals surface area contributed by atoms with Crippen molar-refractivity contribution >= 4 is 5.97 Å². The van der Waals surface area contributed by atoms with Gasteiger partial charge < -0.3 is 9.84 Å². The Morgan fingerprint density at radius 1 is 1.73 bits per heavy atom. The normalized spacial score (nSPS) is 38.5. The SMILES string of the molecule is C[C@H]1C[C@@](C)(C(=O)O)CCO1. The molecule has 1 aliphatic heterocycles. The Labute approximate surface area is 66.4 Å². The molecule has 0 spiro atoms. The summed E-state index contributed by atoms with van der Waals surface area (Å²) in [7, 11) is 0. The molecule has 0 aromatic rings. The number of carboxylic acids is 1. The third-order valence-corrected chi connectivity index (χ3v) is 2.31. The molecule has 64 valence electrons. The van der Waals surface area contributed by atoms with E-state index in [2.05, 4.69) is 0 Å². The third kappa shape index (κ3) is 1.71. The van der Waals surface area contributed by atoms with Crippen molar-refractivity contribution in [2.45, 2.75) is 32.8 Å². The second-order valence-corrected chi connectivity index (χ2v) is 3.50. The largest absolute Gasteiger partial charge is 0.481 e. The summed E-state index contributed by atoms with van der Waals surface area (Å²) in [6.45, 7) is 4.28. The molecule has 0 aromatic heterocycles. The second-order valence-electron chi connectivity index (χ2n) is 3.50. The number of carboxylic acid groups (broad SMARTS) is 1. The molecule has 0 aliphatic carbocycles. The monoisotopic (exact) mass is 158 g/mol. The van der Waals surface area contributed by atoms with Crippen molar-refractivity contribution in [2.75, 3.05) is 6.61 Å². The zero-order chi connectivity index (χ0) is 8.48. The summed E-state index contributed by atoms with van der Waals surface area (Å²) in [5.41, 5.74) is -0.558. The predicted molar refractivity (Wildman–Crippen MR) is 40.4 cm³/mol. The van der Waals surface area contributed by atoms with Crippen LogP contribution < -0.4 is 0 Å². The van der Waals surface area contributed by atoms with Crippen LogP contribution in [-0.2, 0) is 9.53 Å². The van der Waals surface area contributed by atoms with Crippen LogP contribution in [0.2, 0.25) is 0 Å². The molecule has 0 bridgehead atoms. The average Bonchev–Trinajstić information content (AvgIpc) is 1.86. The van der Waals surface area contributed by atoms with Crippen LogP contribution in [0.5, 0.6) is 0 Å².